The lowest BCUT2D eigenvalue weighted by atomic mass is 10.2. The number of nitro groups is 1. The van der Waals surface area contributed by atoms with E-state index in [0.717, 1.165) is 0 Å². The molecule has 6 heteroatoms. The first-order valence-electron chi connectivity index (χ1n) is 4.46. The molecule has 0 N–H and O–H groups in total. The largest absolute Gasteiger partial charge is 0.334 e. The van der Waals surface area contributed by atoms with Crippen molar-refractivity contribution in [3.63, 3.8) is 0 Å². The van der Waals surface area contributed by atoms with Gasteiger partial charge in [0.1, 0.15) is 0 Å². The zero-order valence-corrected chi connectivity index (χ0v) is 8.98. The summed E-state index contributed by atoms with van der Waals surface area (Å²) in [5.74, 6) is 0.515. The van der Waals surface area contributed by atoms with E-state index in [2.05, 4.69) is 0 Å². The fourth-order valence-electron chi connectivity index (χ4n) is 1.19. The molecule has 15 heavy (non-hydrogen) atoms. The second kappa shape index (κ2) is 4.93. The summed E-state index contributed by atoms with van der Waals surface area (Å²) in [6, 6.07) is 2.69. The van der Waals surface area contributed by atoms with Gasteiger partial charge in [-0.25, -0.2) is 0 Å². The van der Waals surface area contributed by atoms with Gasteiger partial charge in [-0.3, -0.25) is 14.9 Å². The van der Waals surface area contributed by atoms with Crippen molar-refractivity contribution >= 4 is 17.3 Å². The molecule has 0 aliphatic carbocycles. The Hall–Kier alpha value is -1.36. The van der Waals surface area contributed by atoms with Crippen LogP contribution >= 0.6 is 11.6 Å². The fraction of sp³-hybridized carbons (Fsp3) is 0.444. The summed E-state index contributed by atoms with van der Waals surface area (Å²) in [7, 11) is 0. The lowest BCUT2D eigenvalue weighted by molar-refractivity contribution is -0.386. The number of rotatable bonds is 4. The summed E-state index contributed by atoms with van der Waals surface area (Å²) in [4.78, 5) is 21.4. The minimum absolute atomic E-state index is 0.103. The van der Waals surface area contributed by atoms with E-state index in [1.54, 1.807) is 0 Å². The van der Waals surface area contributed by atoms with Gasteiger partial charge in [0.25, 0.3) is 0 Å². The summed E-state index contributed by atoms with van der Waals surface area (Å²) in [6.07, 6.45) is 1.53. The highest BCUT2D eigenvalue weighted by Crippen LogP contribution is 2.05. The third kappa shape index (κ3) is 2.79. The average molecular weight is 231 g/mol. The molecule has 82 valence electrons. The third-order valence-corrected chi connectivity index (χ3v) is 2.50. The fourth-order valence-corrected chi connectivity index (χ4v) is 1.29. The maximum atomic E-state index is 11.5. The highest BCUT2D eigenvalue weighted by Gasteiger charge is 2.14. The van der Waals surface area contributed by atoms with E-state index in [1.165, 1.54) is 22.9 Å². The maximum Gasteiger partial charge on any atom is 0.334 e. The summed E-state index contributed by atoms with van der Waals surface area (Å²) in [6.45, 7) is 2.27. The van der Waals surface area contributed by atoms with Gasteiger partial charge >= 0.3 is 11.2 Å². The van der Waals surface area contributed by atoms with Crippen LogP contribution in [-0.2, 0) is 6.54 Å². The lowest BCUT2D eigenvalue weighted by Gasteiger charge is -2.09. The molecule has 0 amide bonds. The number of aromatic nitrogens is 1. The zero-order valence-electron chi connectivity index (χ0n) is 8.22. The molecular weight excluding hydrogens is 220 g/mol. The van der Waals surface area contributed by atoms with Gasteiger partial charge in [0.05, 0.1) is 4.92 Å². The van der Waals surface area contributed by atoms with Crippen molar-refractivity contribution in [2.75, 3.05) is 5.88 Å². The molecular formula is C9H11ClN2O3. The van der Waals surface area contributed by atoms with Crippen LogP contribution in [0.5, 0.6) is 0 Å². The van der Waals surface area contributed by atoms with Gasteiger partial charge in [-0.15, -0.1) is 11.6 Å². The molecule has 1 aromatic rings. The first-order valence-corrected chi connectivity index (χ1v) is 4.99. The van der Waals surface area contributed by atoms with Crippen LogP contribution in [0.25, 0.3) is 0 Å². The van der Waals surface area contributed by atoms with Crippen LogP contribution in [0.1, 0.15) is 6.92 Å². The molecule has 0 fully saturated rings. The Bertz CT molecular complexity index is 416. The molecule has 1 heterocycles. The summed E-state index contributed by atoms with van der Waals surface area (Å²) >= 11 is 5.61. The van der Waals surface area contributed by atoms with E-state index in [1.807, 2.05) is 6.92 Å². The van der Waals surface area contributed by atoms with Gasteiger partial charge in [0.2, 0.25) is 0 Å². The van der Waals surface area contributed by atoms with Crippen LogP contribution in [-0.4, -0.2) is 15.4 Å². The predicted molar refractivity (Wildman–Crippen MR) is 57.2 cm³/mol. The maximum absolute atomic E-state index is 11.5. The van der Waals surface area contributed by atoms with Crippen LogP contribution in [0.3, 0.4) is 0 Å². The Balaban J connectivity index is 3.05. The molecule has 0 radical (unpaired) electrons. The molecule has 0 saturated carbocycles. The van der Waals surface area contributed by atoms with Gasteiger partial charge < -0.3 is 4.57 Å². The lowest BCUT2D eigenvalue weighted by Crippen LogP contribution is -2.24. The van der Waals surface area contributed by atoms with Crippen molar-refractivity contribution in [3.05, 3.63) is 38.8 Å². The van der Waals surface area contributed by atoms with Crippen molar-refractivity contribution in [1.29, 1.82) is 0 Å². The van der Waals surface area contributed by atoms with Crippen molar-refractivity contribution in [2.24, 2.45) is 5.92 Å². The number of pyridine rings is 1. The summed E-state index contributed by atoms with van der Waals surface area (Å²) < 4.78 is 1.31. The van der Waals surface area contributed by atoms with E-state index in [9.17, 15) is 14.9 Å². The Morgan fingerprint density at radius 1 is 1.67 bits per heavy atom. The molecule has 1 aromatic heterocycles. The molecule has 0 aliphatic rings. The zero-order chi connectivity index (χ0) is 11.4. The monoisotopic (exact) mass is 230 g/mol. The van der Waals surface area contributed by atoms with Gasteiger partial charge in [-0.05, 0) is 12.0 Å². The van der Waals surface area contributed by atoms with Crippen LogP contribution in [0, 0.1) is 16.0 Å². The minimum Gasteiger partial charge on any atom is -0.309 e. The Labute approximate surface area is 91.4 Å². The Morgan fingerprint density at radius 2 is 2.33 bits per heavy atom. The summed E-state index contributed by atoms with van der Waals surface area (Å²) in [5, 5.41) is 10.5. The second-order valence-corrected chi connectivity index (χ2v) is 3.68. The summed E-state index contributed by atoms with van der Waals surface area (Å²) in [5.41, 5.74) is -0.987. The van der Waals surface area contributed by atoms with Gasteiger partial charge in [0.15, 0.2) is 0 Å². The Kier molecular flexibility index (Phi) is 3.85. The normalized spacial score (nSPS) is 12.4. The molecule has 1 unspecified atom stereocenters. The number of hydrogen-bond acceptors (Lipinski definition) is 3. The standard InChI is InChI=1S/C9H11ClN2O3/c1-7(5-10)6-11-4-2-3-8(9(11)13)12(14)15/h2-4,7H,5-6H2,1H3. The SMILES string of the molecule is CC(CCl)Cn1cccc([N+](=O)[O-])c1=O. The molecule has 0 spiro atoms. The van der Waals surface area contributed by atoms with Crippen LogP contribution < -0.4 is 5.56 Å². The molecule has 1 atom stereocenters. The average Bonchev–Trinajstić information content (AvgIpc) is 2.20. The molecule has 5 nitrogen and oxygen atoms in total. The van der Waals surface area contributed by atoms with E-state index in [0.29, 0.717) is 12.4 Å². The van der Waals surface area contributed by atoms with Crippen molar-refractivity contribution in [2.45, 2.75) is 13.5 Å². The topological polar surface area (TPSA) is 65.1 Å². The molecule has 0 aromatic carbocycles. The number of nitrogens with zero attached hydrogens (tertiary/aromatic N) is 2. The van der Waals surface area contributed by atoms with Crippen LogP contribution in [0.15, 0.2) is 23.1 Å². The van der Waals surface area contributed by atoms with Gasteiger partial charge in [-0.2, -0.15) is 0 Å². The van der Waals surface area contributed by atoms with Crippen molar-refractivity contribution in [1.82, 2.24) is 4.57 Å². The Morgan fingerprint density at radius 3 is 2.87 bits per heavy atom. The van der Waals surface area contributed by atoms with E-state index in [4.69, 9.17) is 11.6 Å². The van der Waals surface area contributed by atoms with Crippen molar-refractivity contribution < 1.29 is 4.92 Å². The first-order chi connectivity index (χ1) is 7.06. The minimum atomic E-state index is -0.676. The van der Waals surface area contributed by atoms with E-state index >= 15 is 0 Å². The number of halogens is 1. The molecule has 0 bridgehead atoms. The number of alkyl halides is 1. The first kappa shape index (κ1) is 11.7. The predicted octanol–water partition coefficient (Wildman–Crippen LogP) is 1.63. The van der Waals surface area contributed by atoms with Crippen molar-refractivity contribution in [3.8, 4) is 0 Å². The quantitative estimate of drug-likeness (QED) is 0.449. The molecule has 1 rings (SSSR count). The highest BCUT2D eigenvalue weighted by molar-refractivity contribution is 6.18. The van der Waals surface area contributed by atoms with Crippen LogP contribution in [0.2, 0.25) is 0 Å². The third-order valence-electron chi connectivity index (χ3n) is 1.97. The van der Waals surface area contributed by atoms with E-state index < -0.39 is 16.2 Å². The second-order valence-electron chi connectivity index (χ2n) is 3.37. The molecule has 0 saturated heterocycles. The van der Waals surface area contributed by atoms with Gasteiger partial charge in [-0.1, -0.05) is 6.92 Å². The smallest absolute Gasteiger partial charge is 0.309 e. The highest BCUT2D eigenvalue weighted by atomic mass is 35.5. The van der Waals surface area contributed by atoms with E-state index in [-0.39, 0.29) is 5.92 Å². The van der Waals surface area contributed by atoms with Crippen LogP contribution in [0.4, 0.5) is 5.69 Å². The number of hydrogen-bond donors (Lipinski definition) is 0. The van der Waals surface area contributed by atoms with Gasteiger partial charge in [0, 0.05) is 24.7 Å². The molecule has 0 aliphatic heterocycles.